The Balaban J connectivity index is 1.68. The van der Waals surface area contributed by atoms with Gasteiger partial charge in [0.25, 0.3) is 0 Å². The molecule has 2 nitrogen and oxygen atoms in total. The van der Waals surface area contributed by atoms with E-state index in [1.165, 1.54) is 51.7 Å². The van der Waals surface area contributed by atoms with Crippen molar-refractivity contribution in [1.82, 2.24) is 10.2 Å². The average molecular weight is 238 g/mol. The summed E-state index contributed by atoms with van der Waals surface area (Å²) < 4.78 is 0. The number of rotatable bonds is 4. The van der Waals surface area contributed by atoms with Gasteiger partial charge in [0.2, 0.25) is 0 Å². The van der Waals surface area contributed by atoms with E-state index in [9.17, 15) is 0 Å². The molecule has 17 heavy (non-hydrogen) atoms. The molecule has 0 bridgehead atoms. The second-order valence-electron chi connectivity index (χ2n) is 6.50. The van der Waals surface area contributed by atoms with E-state index in [0.717, 1.165) is 17.9 Å². The molecule has 0 amide bonds. The summed E-state index contributed by atoms with van der Waals surface area (Å²) in [6.07, 6.45) is 7.13. The minimum Gasteiger partial charge on any atom is -0.312 e. The van der Waals surface area contributed by atoms with Crippen molar-refractivity contribution in [1.29, 1.82) is 0 Å². The standard InChI is InChI=1S/C15H30N2/c1-12-10-17(11-13(12)2)14(3)9-16-15-7-5-4-6-8-15/h12-16H,4-11H2,1-3H3. The molecule has 0 radical (unpaired) electrons. The molecule has 1 saturated heterocycles. The lowest BCUT2D eigenvalue weighted by atomic mass is 9.95. The molecule has 0 aromatic carbocycles. The zero-order chi connectivity index (χ0) is 12.3. The largest absolute Gasteiger partial charge is 0.312 e. The van der Waals surface area contributed by atoms with Crippen LogP contribution in [0, 0.1) is 11.8 Å². The van der Waals surface area contributed by atoms with Crippen LogP contribution in [-0.2, 0) is 0 Å². The molecule has 3 atom stereocenters. The van der Waals surface area contributed by atoms with E-state index in [0.29, 0.717) is 6.04 Å². The summed E-state index contributed by atoms with van der Waals surface area (Å²) >= 11 is 0. The van der Waals surface area contributed by atoms with Crippen LogP contribution in [0.4, 0.5) is 0 Å². The lowest BCUT2D eigenvalue weighted by Crippen LogP contribution is -2.43. The Morgan fingerprint density at radius 1 is 1.06 bits per heavy atom. The highest BCUT2D eigenvalue weighted by atomic mass is 15.2. The second-order valence-corrected chi connectivity index (χ2v) is 6.50. The maximum absolute atomic E-state index is 3.79. The van der Waals surface area contributed by atoms with E-state index >= 15 is 0 Å². The van der Waals surface area contributed by atoms with Crippen LogP contribution in [0.1, 0.15) is 52.9 Å². The van der Waals surface area contributed by atoms with E-state index in [-0.39, 0.29) is 0 Å². The summed E-state index contributed by atoms with van der Waals surface area (Å²) in [6.45, 7) is 11.0. The lowest BCUT2D eigenvalue weighted by Gasteiger charge is -2.29. The Bertz CT molecular complexity index is 213. The Labute approximate surface area is 107 Å². The van der Waals surface area contributed by atoms with Crippen molar-refractivity contribution in [2.75, 3.05) is 19.6 Å². The smallest absolute Gasteiger partial charge is 0.0192 e. The van der Waals surface area contributed by atoms with E-state index in [1.54, 1.807) is 0 Å². The molecule has 1 heterocycles. The van der Waals surface area contributed by atoms with Gasteiger partial charge in [-0.3, -0.25) is 4.90 Å². The van der Waals surface area contributed by atoms with Crippen LogP contribution in [-0.4, -0.2) is 36.6 Å². The van der Waals surface area contributed by atoms with Gasteiger partial charge in [-0.2, -0.15) is 0 Å². The summed E-state index contributed by atoms with van der Waals surface area (Å²) in [5.41, 5.74) is 0. The third kappa shape index (κ3) is 3.69. The van der Waals surface area contributed by atoms with Gasteiger partial charge in [-0.05, 0) is 31.6 Å². The van der Waals surface area contributed by atoms with Crippen molar-refractivity contribution in [3.05, 3.63) is 0 Å². The van der Waals surface area contributed by atoms with Crippen molar-refractivity contribution < 1.29 is 0 Å². The Hall–Kier alpha value is -0.0800. The van der Waals surface area contributed by atoms with Crippen LogP contribution in [0.3, 0.4) is 0 Å². The van der Waals surface area contributed by atoms with Crippen molar-refractivity contribution in [2.45, 2.75) is 65.0 Å². The summed E-state index contributed by atoms with van der Waals surface area (Å²) in [4.78, 5) is 2.67. The molecule has 2 rings (SSSR count). The number of likely N-dealkylation sites (tertiary alicyclic amines) is 1. The third-order valence-electron chi connectivity index (χ3n) is 4.95. The first-order chi connectivity index (χ1) is 8.16. The molecular formula is C15H30N2. The molecule has 1 saturated carbocycles. The van der Waals surface area contributed by atoms with Gasteiger partial charge in [-0.25, -0.2) is 0 Å². The van der Waals surface area contributed by atoms with E-state index in [1.807, 2.05) is 0 Å². The minimum absolute atomic E-state index is 0.712. The van der Waals surface area contributed by atoms with Gasteiger partial charge in [0.05, 0.1) is 0 Å². The molecule has 2 fully saturated rings. The van der Waals surface area contributed by atoms with Gasteiger partial charge in [0.15, 0.2) is 0 Å². The van der Waals surface area contributed by atoms with Crippen LogP contribution in [0.5, 0.6) is 0 Å². The SMILES string of the molecule is CC1CN(C(C)CNC2CCCCC2)CC1C. The molecule has 3 unspecified atom stereocenters. The Morgan fingerprint density at radius 3 is 2.24 bits per heavy atom. The fourth-order valence-corrected chi connectivity index (χ4v) is 3.31. The van der Waals surface area contributed by atoms with Crippen molar-refractivity contribution in [3.8, 4) is 0 Å². The van der Waals surface area contributed by atoms with Gasteiger partial charge in [-0.1, -0.05) is 33.1 Å². The monoisotopic (exact) mass is 238 g/mol. The Morgan fingerprint density at radius 2 is 1.65 bits per heavy atom. The summed E-state index contributed by atoms with van der Waals surface area (Å²) in [7, 11) is 0. The number of hydrogen-bond acceptors (Lipinski definition) is 2. The predicted molar refractivity (Wildman–Crippen MR) is 74.2 cm³/mol. The van der Waals surface area contributed by atoms with Crippen molar-refractivity contribution in [3.63, 3.8) is 0 Å². The molecule has 1 N–H and O–H groups in total. The maximum atomic E-state index is 3.79. The van der Waals surface area contributed by atoms with Crippen molar-refractivity contribution in [2.24, 2.45) is 11.8 Å². The fraction of sp³-hybridized carbons (Fsp3) is 1.00. The summed E-state index contributed by atoms with van der Waals surface area (Å²) in [6, 6.07) is 1.52. The first-order valence-electron chi connectivity index (χ1n) is 7.64. The summed E-state index contributed by atoms with van der Waals surface area (Å²) in [5, 5.41) is 3.79. The highest BCUT2D eigenvalue weighted by Crippen LogP contribution is 2.24. The van der Waals surface area contributed by atoms with Gasteiger partial charge >= 0.3 is 0 Å². The van der Waals surface area contributed by atoms with E-state index in [4.69, 9.17) is 0 Å². The molecule has 2 heteroatoms. The van der Waals surface area contributed by atoms with Crippen LogP contribution in [0.25, 0.3) is 0 Å². The Kier molecular flexibility index (Phi) is 4.87. The highest BCUT2D eigenvalue weighted by Gasteiger charge is 2.29. The quantitative estimate of drug-likeness (QED) is 0.810. The maximum Gasteiger partial charge on any atom is 0.0192 e. The van der Waals surface area contributed by atoms with Gasteiger partial charge in [0, 0.05) is 31.7 Å². The number of nitrogens with zero attached hydrogens (tertiary/aromatic N) is 1. The van der Waals surface area contributed by atoms with Gasteiger partial charge in [-0.15, -0.1) is 0 Å². The van der Waals surface area contributed by atoms with E-state index < -0.39 is 0 Å². The normalized spacial score (nSPS) is 34.1. The number of nitrogens with one attached hydrogen (secondary N) is 1. The molecule has 2 aliphatic rings. The van der Waals surface area contributed by atoms with Gasteiger partial charge < -0.3 is 5.32 Å². The molecule has 1 aliphatic heterocycles. The molecule has 100 valence electrons. The van der Waals surface area contributed by atoms with Crippen LogP contribution < -0.4 is 5.32 Å². The molecular weight excluding hydrogens is 208 g/mol. The summed E-state index contributed by atoms with van der Waals surface area (Å²) in [5.74, 6) is 1.76. The first-order valence-corrected chi connectivity index (χ1v) is 7.64. The van der Waals surface area contributed by atoms with Crippen molar-refractivity contribution >= 4 is 0 Å². The third-order valence-corrected chi connectivity index (χ3v) is 4.95. The molecule has 0 aromatic heterocycles. The van der Waals surface area contributed by atoms with Crippen LogP contribution in [0.2, 0.25) is 0 Å². The highest BCUT2D eigenvalue weighted by molar-refractivity contribution is 4.84. The second kappa shape index (κ2) is 6.19. The van der Waals surface area contributed by atoms with Crippen LogP contribution >= 0.6 is 0 Å². The lowest BCUT2D eigenvalue weighted by molar-refractivity contribution is 0.228. The zero-order valence-corrected chi connectivity index (χ0v) is 11.9. The zero-order valence-electron chi connectivity index (χ0n) is 11.9. The number of hydrogen-bond donors (Lipinski definition) is 1. The van der Waals surface area contributed by atoms with Crippen LogP contribution in [0.15, 0.2) is 0 Å². The fourth-order valence-electron chi connectivity index (χ4n) is 3.31. The van der Waals surface area contributed by atoms with Gasteiger partial charge in [0.1, 0.15) is 0 Å². The van der Waals surface area contributed by atoms with E-state index in [2.05, 4.69) is 31.0 Å². The topological polar surface area (TPSA) is 15.3 Å². The molecule has 0 spiro atoms. The average Bonchev–Trinajstić information content (AvgIpc) is 2.68. The first kappa shape index (κ1) is 13.4. The predicted octanol–water partition coefficient (Wildman–Crippen LogP) is 2.89. The molecule has 0 aromatic rings. The minimum atomic E-state index is 0.712. The molecule has 1 aliphatic carbocycles.